The fraction of sp³-hybridized carbons (Fsp3) is 0.600. The summed E-state index contributed by atoms with van der Waals surface area (Å²) >= 11 is 0. The van der Waals surface area contributed by atoms with Crippen LogP contribution in [0.2, 0.25) is 0 Å². The van der Waals surface area contributed by atoms with Crippen molar-refractivity contribution in [3.8, 4) is 18.1 Å². The summed E-state index contributed by atoms with van der Waals surface area (Å²) < 4.78 is 7.17. The molecule has 1 heterocycles. The largest absolute Gasteiger partial charge is 0.487 e. The summed E-state index contributed by atoms with van der Waals surface area (Å²) in [6.07, 6.45) is 12.3. The number of hydrogen-bond donors (Lipinski definition) is 0. The number of ether oxygens (including phenoxy) is 1. The van der Waals surface area contributed by atoms with Crippen LogP contribution in [-0.2, 0) is 32.7 Å². The van der Waals surface area contributed by atoms with Gasteiger partial charge in [0.2, 0.25) is 0 Å². The van der Waals surface area contributed by atoms with Gasteiger partial charge in [-0.15, -0.1) is 6.42 Å². The van der Waals surface area contributed by atoms with E-state index in [0.29, 0.717) is 0 Å². The van der Waals surface area contributed by atoms with Crippen LogP contribution in [0.5, 0.6) is 5.75 Å². The molecular formula is C20H30NOY+. The van der Waals surface area contributed by atoms with E-state index < -0.39 is 0 Å². The smallest absolute Gasteiger partial charge is 0.140 e. The number of nitrogens with zero attached hydrogens (tertiary/aromatic N) is 1. The van der Waals surface area contributed by atoms with Crippen molar-refractivity contribution in [1.29, 1.82) is 0 Å². The second kappa shape index (κ2) is 10.5. The average Bonchev–Trinajstić information content (AvgIpc) is 2.46. The molecule has 1 aromatic rings. The third-order valence-electron chi connectivity index (χ3n) is 4.91. The van der Waals surface area contributed by atoms with Crippen LogP contribution in [-0.4, -0.2) is 37.3 Å². The quantitative estimate of drug-likeness (QED) is 0.545. The van der Waals surface area contributed by atoms with Crippen LogP contribution >= 0.6 is 0 Å². The minimum absolute atomic E-state index is 0. The summed E-state index contributed by atoms with van der Waals surface area (Å²) in [4.78, 5) is 0. The zero-order valence-electron chi connectivity index (χ0n) is 14.8. The van der Waals surface area contributed by atoms with Gasteiger partial charge in [0.1, 0.15) is 25.4 Å². The molecule has 1 aliphatic rings. The van der Waals surface area contributed by atoms with Crippen molar-refractivity contribution in [3.63, 3.8) is 0 Å². The van der Waals surface area contributed by atoms with Crippen LogP contribution in [0, 0.1) is 26.2 Å². The Bertz CT molecular complexity index is 493. The van der Waals surface area contributed by atoms with E-state index in [1.807, 2.05) is 0 Å². The van der Waals surface area contributed by atoms with Crippen molar-refractivity contribution >= 4 is 0 Å². The van der Waals surface area contributed by atoms with Gasteiger partial charge in [0.05, 0.1) is 13.1 Å². The first kappa shape index (κ1) is 20.7. The Labute approximate surface area is 167 Å². The predicted molar refractivity (Wildman–Crippen MR) is 93.1 cm³/mol. The van der Waals surface area contributed by atoms with Crippen molar-refractivity contribution in [1.82, 2.24) is 0 Å². The molecule has 0 amide bonds. The Morgan fingerprint density at radius 2 is 1.61 bits per heavy atom. The average molecular weight is 389 g/mol. The maximum Gasteiger partial charge on any atom is 0.140 e. The minimum atomic E-state index is 0. The summed E-state index contributed by atoms with van der Waals surface area (Å²) in [7, 11) is 0. The molecule has 123 valence electrons. The molecule has 0 saturated carbocycles. The fourth-order valence-electron chi connectivity index (χ4n) is 3.56. The Hall–Kier alpha value is -0.356. The van der Waals surface area contributed by atoms with E-state index in [2.05, 4.69) is 38.0 Å². The van der Waals surface area contributed by atoms with Gasteiger partial charge >= 0.3 is 0 Å². The summed E-state index contributed by atoms with van der Waals surface area (Å²) in [6, 6.07) is 6.32. The third-order valence-corrected chi connectivity index (χ3v) is 4.91. The van der Waals surface area contributed by atoms with E-state index in [-0.39, 0.29) is 32.7 Å². The molecule has 1 aromatic carbocycles. The van der Waals surface area contributed by atoms with Crippen molar-refractivity contribution < 1.29 is 41.9 Å². The number of terminal acetylenes is 1. The van der Waals surface area contributed by atoms with Crippen LogP contribution in [0.15, 0.2) is 18.2 Å². The van der Waals surface area contributed by atoms with Crippen LogP contribution in [0.25, 0.3) is 0 Å². The molecule has 3 heteroatoms. The standard InChI is InChI=1S/C20H30NO.Y/c1-4-13-21(14-8-6-5-7-9-15-21)16-17-22-20-18(2)11-10-12-19(20)3;/h1,10-12H,5-9,13-17H2,2-3H3;/q+1;. The van der Waals surface area contributed by atoms with Crippen LogP contribution in [0.1, 0.15) is 43.2 Å². The molecule has 0 atom stereocenters. The van der Waals surface area contributed by atoms with Gasteiger partial charge in [-0.3, -0.25) is 0 Å². The number of benzene rings is 1. The first-order valence-corrected chi connectivity index (χ1v) is 8.64. The monoisotopic (exact) mass is 389 g/mol. The summed E-state index contributed by atoms with van der Waals surface area (Å²) in [5, 5.41) is 0. The van der Waals surface area contributed by atoms with Crippen LogP contribution < -0.4 is 4.74 Å². The maximum absolute atomic E-state index is 6.13. The number of para-hydroxylation sites is 1. The molecule has 0 aromatic heterocycles. The van der Waals surface area contributed by atoms with Crippen molar-refractivity contribution in [2.24, 2.45) is 0 Å². The normalized spacial score (nSPS) is 17.3. The van der Waals surface area contributed by atoms with Gasteiger partial charge in [-0.25, -0.2) is 0 Å². The first-order chi connectivity index (χ1) is 10.7. The molecule has 0 unspecified atom stereocenters. The van der Waals surface area contributed by atoms with E-state index >= 15 is 0 Å². The number of hydrogen-bond acceptors (Lipinski definition) is 1. The predicted octanol–water partition coefficient (Wildman–Crippen LogP) is 4.09. The van der Waals surface area contributed by atoms with Crippen LogP contribution in [0.3, 0.4) is 0 Å². The topological polar surface area (TPSA) is 9.23 Å². The number of likely N-dealkylation sites (tertiary alicyclic amines) is 1. The molecule has 23 heavy (non-hydrogen) atoms. The molecule has 2 nitrogen and oxygen atoms in total. The molecule has 0 spiro atoms. The van der Waals surface area contributed by atoms with Gasteiger partial charge in [0, 0.05) is 32.7 Å². The van der Waals surface area contributed by atoms with Crippen molar-refractivity contribution in [3.05, 3.63) is 29.3 Å². The molecule has 0 N–H and O–H groups in total. The Morgan fingerprint density at radius 1 is 1.04 bits per heavy atom. The Morgan fingerprint density at radius 3 is 2.17 bits per heavy atom. The van der Waals surface area contributed by atoms with E-state index in [1.54, 1.807) is 0 Å². The van der Waals surface area contributed by atoms with E-state index in [9.17, 15) is 0 Å². The van der Waals surface area contributed by atoms with Gasteiger partial charge in [0.15, 0.2) is 0 Å². The molecule has 2 rings (SSSR count). The maximum atomic E-state index is 6.13. The Kier molecular flexibility index (Phi) is 9.44. The van der Waals surface area contributed by atoms with Gasteiger partial charge in [-0.1, -0.05) is 24.6 Å². The molecule has 1 saturated heterocycles. The van der Waals surface area contributed by atoms with E-state index in [0.717, 1.165) is 29.9 Å². The van der Waals surface area contributed by atoms with Gasteiger partial charge < -0.3 is 9.22 Å². The number of quaternary nitrogens is 1. The second-order valence-electron chi connectivity index (χ2n) is 6.71. The molecule has 0 bridgehead atoms. The zero-order chi connectivity index (χ0) is 15.8. The Balaban J connectivity index is 0.00000264. The summed E-state index contributed by atoms with van der Waals surface area (Å²) in [5.41, 5.74) is 2.44. The SMILES string of the molecule is C#CC[N+]1(CCOc2c(C)cccc2C)CCCCCCC1.[Y]. The molecule has 1 fully saturated rings. The summed E-state index contributed by atoms with van der Waals surface area (Å²) in [6.45, 7) is 9.27. The third kappa shape index (κ3) is 6.22. The van der Waals surface area contributed by atoms with Crippen LogP contribution in [0.4, 0.5) is 0 Å². The molecule has 0 aliphatic carbocycles. The number of aryl methyl sites for hydroxylation is 2. The summed E-state index contributed by atoms with van der Waals surface area (Å²) in [5.74, 6) is 3.96. The van der Waals surface area contributed by atoms with Crippen molar-refractivity contribution in [2.45, 2.75) is 46.0 Å². The number of rotatable bonds is 5. The van der Waals surface area contributed by atoms with E-state index in [4.69, 9.17) is 11.2 Å². The molecular weight excluding hydrogens is 359 g/mol. The van der Waals surface area contributed by atoms with Crippen molar-refractivity contribution in [2.75, 3.05) is 32.8 Å². The van der Waals surface area contributed by atoms with Gasteiger partial charge in [-0.2, -0.15) is 0 Å². The second-order valence-corrected chi connectivity index (χ2v) is 6.71. The minimum Gasteiger partial charge on any atom is -0.487 e. The first-order valence-electron chi connectivity index (χ1n) is 8.64. The zero-order valence-corrected chi connectivity index (χ0v) is 17.7. The van der Waals surface area contributed by atoms with E-state index in [1.165, 1.54) is 56.3 Å². The molecule has 1 radical (unpaired) electrons. The fourth-order valence-corrected chi connectivity index (χ4v) is 3.56. The van der Waals surface area contributed by atoms with Gasteiger partial charge in [0.25, 0.3) is 0 Å². The van der Waals surface area contributed by atoms with Gasteiger partial charge in [-0.05, 0) is 56.6 Å². The molecule has 1 aliphatic heterocycles.